The number of thiazole rings is 1. The molecule has 2 aliphatic rings. The molecule has 57 heavy (non-hydrogen) atoms. The van der Waals surface area contributed by atoms with Gasteiger partial charge in [0.25, 0.3) is 0 Å². The number of rotatable bonds is 6. The maximum atomic E-state index is 10.1. The molecule has 278 valence electrons. The Morgan fingerprint density at radius 3 is 2.21 bits per heavy atom. The molecular weight excluding hydrogens is 729 g/mol. The quantitative estimate of drug-likeness (QED) is 0.124. The van der Waals surface area contributed by atoms with Gasteiger partial charge in [0.15, 0.2) is 13.0 Å². The number of aromatic nitrogens is 2. The maximum Gasteiger partial charge on any atom is 0.195 e. The Morgan fingerprint density at radius 1 is 0.719 bits per heavy atom. The standard InChI is InChI=1S/C52H44N2OSSi/c1-34-29-32-44-49(53-51-54(44)43-25-13-15-27-46(43)56-51)48(34)40-33-38(30-31-39(40)35-17-10-11-18-35)57(36-19-6-4-7-20-36,37-21-8-5-9-22-37)47-28-16-24-42-50(47)55-45-26-14-12-23-41(45)52(42,2)3/h4-9,12-16,19-33,35H,10-11,17-18H2,1-3H3/i1D3,2D3,3D3,35D. The molecule has 3 nitrogen and oxygen atoms in total. The lowest BCUT2D eigenvalue weighted by atomic mass is 9.76. The van der Waals surface area contributed by atoms with Gasteiger partial charge in [0.2, 0.25) is 0 Å². The molecule has 3 heterocycles. The van der Waals surface area contributed by atoms with Gasteiger partial charge >= 0.3 is 0 Å². The summed E-state index contributed by atoms with van der Waals surface area (Å²) in [6.45, 7) is -8.68. The molecule has 9 aromatic rings. The first-order valence-electron chi connectivity index (χ1n) is 24.5. The zero-order valence-electron chi connectivity index (χ0n) is 41.1. The molecule has 1 aliphatic heterocycles. The van der Waals surface area contributed by atoms with Crippen molar-refractivity contribution >= 4 is 66.4 Å². The lowest BCUT2D eigenvalue weighted by Crippen LogP contribution is -2.75. The molecule has 1 aliphatic carbocycles. The lowest BCUT2D eigenvalue weighted by Gasteiger charge is -2.40. The zero-order valence-corrected chi connectivity index (χ0v) is 32.9. The fourth-order valence-electron chi connectivity index (χ4n) is 9.59. The third-order valence-corrected chi connectivity index (χ3v) is 18.0. The van der Waals surface area contributed by atoms with Crippen LogP contribution in [0.2, 0.25) is 0 Å². The Hall–Kier alpha value is -5.75. The van der Waals surface area contributed by atoms with E-state index in [0.717, 1.165) is 49.1 Å². The lowest BCUT2D eigenvalue weighted by molar-refractivity contribution is 0.421. The van der Waals surface area contributed by atoms with Crippen LogP contribution >= 0.6 is 11.3 Å². The number of para-hydroxylation sites is 3. The second-order valence-corrected chi connectivity index (χ2v) is 20.0. The molecule has 2 aromatic heterocycles. The SMILES string of the molecule is [2H]C([2H])([2H])c1ccc2c(nc3sc4ccccc4n32)c1-c1cc([Si](c2ccccc2)(c2ccccc2)c2cccc3c2Oc2ccccc2C3(C([2H])([2H])[2H])C([2H])([2H])[2H])ccc1C1([2H])CCCC1. The van der Waals surface area contributed by atoms with Crippen molar-refractivity contribution in [2.45, 2.75) is 57.5 Å². The summed E-state index contributed by atoms with van der Waals surface area (Å²) in [5.41, 5.74) is 1.75. The molecule has 7 aromatic carbocycles. The summed E-state index contributed by atoms with van der Waals surface area (Å²) in [5.74, 6) is -0.723. The Balaban J connectivity index is 1.31. The highest BCUT2D eigenvalue weighted by atomic mass is 32.1. The summed E-state index contributed by atoms with van der Waals surface area (Å²) >= 11 is 1.53. The van der Waals surface area contributed by atoms with Crippen molar-refractivity contribution in [3.05, 3.63) is 180 Å². The first kappa shape index (κ1) is 25.5. The van der Waals surface area contributed by atoms with Gasteiger partial charge in [0, 0.05) is 35.8 Å². The number of aryl methyl sites for hydroxylation is 1. The van der Waals surface area contributed by atoms with E-state index < -0.39 is 39.9 Å². The van der Waals surface area contributed by atoms with E-state index in [2.05, 4.69) is 40.8 Å². The Bertz CT molecular complexity index is 3340. The van der Waals surface area contributed by atoms with Crippen LogP contribution in [0.25, 0.3) is 37.3 Å². The average molecular weight is 783 g/mol. The van der Waals surface area contributed by atoms with Gasteiger partial charge in [-0.05, 0) is 87.3 Å². The third-order valence-electron chi connectivity index (χ3n) is 12.2. The van der Waals surface area contributed by atoms with Gasteiger partial charge in [0.1, 0.15) is 11.5 Å². The van der Waals surface area contributed by atoms with E-state index in [1.165, 1.54) is 11.3 Å². The van der Waals surface area contributed by atoms with E-state index in [-0.39, 0.29) is 28.2 Å². The minimum atomic E-state index is -3.84. The van der Waals surface area contributed by atoms with Crippen LogP contribution in [0.3, 0.4) is 0 Å². The first-order valence-corrected chi connectivity index (χ1v) is 22.3. The van der Waals surface area contributed by atoms with Crippen molar-refractivity contribution in [2.24, 2.45) is 0 Å². The third kappa shape index (κ3) is 5.11. The van der Waals surface area contributed by atoms with Crippen LogP contribution in [0.4, 0.5) is 0 Å². The van der Waals surface area contributed by atoms with E-state index >= 15 is 0 Å². The molecule has 0 N–H and O–H groups in total. The predicted octanol–water partition coefficient (Wildman–Crippen LogP) is 11.1. The fourth-order valence-corrected chi connectivity index (χ4v) is 15.5. The van der Waals surface area contributed by atoms with Crippen LogP contribution in [-0.4, -0.2) is 17.5 Å². The first-order chi connectivity index (χ1) is 32.0. The number of ether oxygens (including phenoxy) is 1. The zero-order chi connectivity index (χ0) is 46.7. The molecule has 11 rings (SSSR count). The summed E-state index contributed by atoms with van der Waals surface area (Å²) in [5, 5.41) is 3.22. The molecule has 0 unspecified atom stereocenters. The summed E-state index contributed by atoms with van der Waals surface area (Å²) in [6.07, 6.45) is 2.88. The van der Waals surface area contributed by atoms with Gasteiger partial charge in [-0.15, -0.1) is 0 Å². The minimum Gasteiger partial charge on any atom is -0.457 e. The molecule has 1 fully saturated rings. The van der Waals surface area contributed by atoms with E-state index in [0.29, 0.717) is 40.2 Å². The van der Waals surface area contributed by atoms with Crippen LogP contribution in [0, 0.1) is 6.85 Å². The highest BCUT2D eigenvalue weighted by Gasteiger charge is 2.47. The summed E-state index contributed by atoms with van der Waals surface area (Å²) in [7, 11) is -3.84. The Morgan fingerprint density at radius 2 is 1.44 bits per heavy atom. The molecule has 1 saturated carbocycles. The van der Waals surface area contributed by atoms with Gasteiger partial charge in [-0.25, -0.2) is 4.98 Å². The smallest absolute Gasteiger partial charge is 0.195 e. The minimum absolute atomic E-state index is 0.0418. The Labute approximate surface area is 353 Å². The van der Waals surface area contributed by atoms with E-state index in [1.807, 2.05) is 78.9 Å². The maximum absolute atomic E-state index is 10.1. The van der Waals surface area contributed by atoms with Crippen molar-refractivity contribution in [1.29, 1.82) is 0 Å². The van der Waals surface area contributed by atoms with Crippen LogP contribution < -0.4 is 25.5 Å². The van der Waals surface area contributed by atoms with Crippen molar-refractivity contribution in [1.82, 2.24) is 9.38 Å². The molecule has 0 amide bonds. The monoisotopic (exact) mass is 782 g/mol. The van der Waals surface area contributed by atoms with Gasteiger partial charge in [-0.2, -0.15) is 0 Å². The van der Waals surface area contributed by atoms with Gasteiger partial charge in [-0.1, -0.05) is 171 Å². The normalized spacial score (nSPS) is 19.0. The summed E-state index contributed by atoms with van der Waals surface area (Å²) in [6, 6.07) is 49.4. The topological polar surface area (TPSA) is 26.5 Å². The molecule has 0 bridgehead atoms. The fraction of sp³-hybridized carbons (Fsp3) is 0.173. The average Bonchev–Trinajstić information content (AvgIpc) is 4.02. The second-order valence-electron chi connectivity index (χ2n) is 15.2. The molecular formula is C52H44N2OSSi. The van der Waals surface area contributed by atoms with Gasteiger partial charge < -0.3 is 4.74 Å². The van der Waals surface area contributed by atoms with Crippen molar-refractivity contribution in [3.8, 4) is 22.6 Å². The molecule has 0 saturated heterocycles. The largest absolute Gasteiger partial charge is 0.457 e. The number of fused-ring (bicyclic) bond motifs is 7. The van der Waals surface area contributed by atoms with Gasteiger partial charge in [0.05, 0.1) is 21.3 Å². The number of nitrogens with zero attached hydrogens (tertiary/aromatic N) is 2. The summed E-state index contributed by atoms with van der Waals surface area (Å²) < 4.78 is 102. The molecule has 5 heteroatoms. The van der Waals surface area contributed by atoms with Crippen molar-refractivity contribution < 1.29 is 18.4 Å². The number of imidazole rings is 1. The van der Waals surface area contributed by atoms with Crippen LogP contribution in [0.5, 0.6) is 11.5 Å². The predicted molar refractivity (Wildman–Crippen MR) is 242 cm³/mol. The van der Waals surface area contributed by atoms with Gasteiger partial charge in [-0.3, -0.25) is 4.40 Å². The van der Waals surface area contributed by atoms with Crippen LogP contribution in [0.1, 0.15) is 81.2 Å². The highest BCUT2D eigenvalue weighted by molar-refractivity contribution is 7.23. The molecule has 0 radical (unpaired) electrons. The van der Waals surface area contributed by atoms with E-state index in [1.54, 1.807) is 42.5 Å². The second kappa shape index (κ2) is 13.2. The molecule has 0 spiro atoms. The molecule has 0 atom stereocenters. The van der Waals surface area contributed by atoms with E-state index in [4.69, 9.17) is 22.1 Å². The Kier molecular flexibility index (Phi) is 5.88. The highest BCUT2D eigenvalue weighted by Crippen LogP contribution is 2.48. The number of benzene rings is 7. The van der Waals surface area contributed by atoms with Crippen LogP contribution in [0.15, 0.2) is 158 Å². The number of hydrogen-bond donors (Lipinski definition) is 0. The van der Waals surface area contributed by atoms with E-state index in [9.17, 15) is 1.37 Å². The van der Waals surface area contributed by atoms with Crippen molar-refractivity contribution in [3.63, 3.8) is 0 Å². The van der Waals surface area contributed by atoms with Crippen molar-refractivity contribution in [2.75, 3.05) is 0 Å². The number of hydrogen-bond acceptors (Lipinski definition) is 3. The summed E-state index contributed by atoms with van der Waals surface area (Å²) in [4.78, 5) is 5.98. The van der Waals surface area contributed by atoms with Crippen LogP contribution in [-0.2, 0) is 5.41 Å².